The molecule has 0 bridgehead atoms. The van der Waals surface area contributed by atoms with E-state index in [4.69, 9.17) is 4.74 Å². The summed E-state index contributed by atoms with van der Waals surface area (Å²) in [4.78, 5) is 29.0. The largest absolute Gasteiger partial charge is 0.858 e. The fraction of sp³-hybridized carbons (Fsp3) is 0.143. The molecule has 0 spiro atoms. The number of imide groups is 1. The van der Waals surface area contributed by atoms with Gasteiger partial charge in [-0.05, 0) is 50.1 Å². The van der Waals surface area contributed by atoms with Crippen molar-refractivity contribution >= 4 is 28.8 Å². The van der Waals surface area contributed by atoms with Gasteiger partial charge in [0.15, 0.2) is 12.4 Å². The summed E-state index contributed by atoms with van der Waals surface area (Å²) in [7, 11) is 3.07. The predicted octanol–water partition coefficient (Wildman–Crippen LogP) is 3.02. The van der Waals surface area contributed by atoms with Crippen LogP contribution in [-0.4, -0.2) is 28.7 Å². The highest BCUT2D eigenvalue weighted by Gasteiger charge is 2.47. The lowest BCUT2D eigenvalue weighted by Gasteiger charge is -2.15. The van der Waals surface area contributed by atoms with Gasteiger partial charge in [0.1, 0.15) is 11.3 Å². The maximum absolute atomic E-state index is 14.0. The molecule has 0 unspecified atom stereocenters. The molecule has 3 heterocycles. The first kappa shape index (κ1) is 23.0. The Hall–Kier alpha value is -4.72. The van der Waals surface area contributed by atoms with Crippen LogP contribution in [0.3, 0.4) is 0 Å². The number of pyridine rings is 1. The predicted molar refractivity (Wildman–Crippen MR) is 133 cm³/mol. The molecule has 8 nitrogen and oxygen atoms in total. The SMILES string of the molecule is COc1ccc(N2C(=O)C(c3c(-c4ccccc4)nn(C)c3[O-])=C([n+]3cc(C)cc(C)c3)C2=O)cc1. The van der Waals surface area contributed by atoms with E-state index in [1.165, 1.54) is 11.7 Å². The zero-order valence-electron chi connectivity index (χ0n) is 20.4. The number of nitrogens with zero attached hydrogens (tertiary/aromatic N) is 4. The van der Waals surface area contributed by atoms with Gasteiger partial charge in [0.2, 0.25) is 0 Å². The van der Waals surface area contributed by atoms with Gasteiger partial charge in [0, 0.05) is 29.3 Å². The number of rotatable bonds is 5. The first-order valence-corrected chi connectivity index (χ1v) is 11.4. The quantitative estimate of drug-likeness (QED) is 0.324. The van der Waals surface area contributed by atoms with Crippen LogP contribution in [0.5, 0.6) is 11.6 Å². The van der Waals surface area contributed by atoms with Gasteiger partial charge in [-0.3, -0.25) is 14.3 Å². The Labute approximate surface area is 208 Å². The smallest absolute Gasteiger partial charge is 0.331 e. The molecule has 1 aliphatic heterocycles. The molecule has 180 valence electrons. The maximum Gasteiger partial charge on any atom is 0.331 e. The van der Waals surface area contributed by atoms with E-state index in [9.17, 15) is 14.7 Å². The maximum atomic E-state index is 14.0. The fourth-order valence-corrected chi connectivity index (χ4v) is 4.52. The van der Waals surface area contributed by atoms with Crippen molar-refractivity contribution in [3.8, 4) is 22.9 Å². The molecule has 1 aliphatic rings. The number of anilines is 1. The average molecular weight is 481 g/mol. The zero-order valence-corrected chi connectivity index (χ0v) is 20.4. The van der Waals surface area contributed by atoms with E-state index in [0.717, 1.165) is 16.0 Å². The van der Waals surface area contributed by atoms with Crippen LogP contribution in [0.15, 0.2) is 73.1 Å². The van der Waals surface area contributed by atoms with E-state index in [2.05, 4.69) is 5.10 Å². The first-order valence-electron chi connectivity index (χ1n) is 11.4. The number of methoxy groups -OCH3 is 1. The molecule has 5 rings (SSSR count). The standard InChI is InChI=1S/C28H24N4O4/c1-17-14-18(2)16-31(15-17)25-23(22-24(29-30(3)26(22)33)19-8-6-5-7-9-19)27(34)32(28(25)35)20-10-12-21(36-4)13-11-20/h5-16H,1-4H3. The van der Waals surface area contributed by atoms with Crippen LogP contribution < -0.4 is 19.3 Å². The van der Waals surface area contributed by atoms with Gasteiger partial charge in [-0.1, -0.05) is 30.3 Å². The van der Waals surface area contributed by atoms with Crippen LogP contribution in [0.2, 0.25) is 0 Å². The third-order valence-electron chi connectivity index (χ3n) is 6.08. The van der Waals surface area contributed by atoms with Crippen LogP contribution in [0, 0.1) is 13.8 Å². The van der Waals surface area contributed by atoms with Crippen molar-refractivity contribution in [1.82, 2.24) is 9.78 Å². The fourth-order valence-electron chi connectivity index (χ4n) is 4.52. The molecule has 8 heteroatoms. The van der Waals surface area contributed by atoms with E-state index >= 15 is 0 Å². The molecule has 2 aromatic heterocycles. The molecule has 0 atom stereocenters. The number of hydrogen-bond acceptors (Lipinski definition) is 5. The average Bonchev–Trinajstić information content (AvgIpc) is 3.30. The van der Waals surface area contributed by atoms with E-state index in [1.807, 2.05) is 50.2 Å². The lowest BCUT2D eigenvalue weighted by Crippen LogP contribution is -2.40. The van der Waals surface area contributed by atoms with Crippen LogP contribution >= 0.6 is 0 Å². The van der Waals surface area contributed by atoms with Gasteiger partial charge in [-0.2, -0.15) is 9.67 Å². The Balaban J connectivity index is 1.79. The monoisotopic (exact) mass is 480 g/mol. The van der Waals surface area contributed by atoms with Gasteiger partial charge < -0.3 is 9.84 Å². The highest BCUT2D eigenvalue weighted by atomic mass is 16.5. The minimum Gasteiger partial charge on any atom is -0.858 e. The summed E-state index contributed by atoms with van der Waals surface area (Å²) in [5, 5.41) is 17.8. The molecule has 0 saturated heterocycles. The minimum absolute atomic E-state index is 0.0165. The van der Waals surface area contributed by atoms with Gasteiger partial charge in [-0.25, -0.2) is 4.90 Å². The molecular weight excluding hydrogens is 456 g/mol. The van der Waals surface area contributed by atoms with Crippen molar-refractivity contribution in [3.63, 3.8) is 0 Å². The lowest BCUT2D eigenvalue weighted by molar-refractivity contribution is -0.577. The molecule has 4 aromatic rings. The molecule has 0 fully saturated rings. The highest BCUT2D eigenvalue weighted by Crippen LogP contribution is 2.41. The Morgan fingerprint density at radius 1 is 0.917 bits per heavy atom. The minimum atomic E-state index is -0.589. The van der Waals surface area contributed by atoms with E-state index in [0.29, 0.717) is 22.7 Å². The summed E-state index contributed by atoms with van der Waals surface area (Å²) in [5.74, 6) is -0.981. The molecule has 2 amide bonds. The number of ether oxygens (including phenoxy) is 1. The lowest BCUT2D eigenvalue weighted by atomic mass is 10.00. The number of carbonyl (C=O) groups excluding carboxylic acids is 2. The number of amides is 2. The number of carbonyl (C=O) groups is 2. The van der Waals surface area contributed by atoms with E-state index < -0.39 is 17.7 Å². The van der Waals surface area contributed by atoms with Crippen LogP contribution in [-0.2, 0) is 16.6 Å². The Morgan fingerprint density at radius 2 is 1.56 bits per heavy atom. The topological polar surface area (TPSA) is 91.4 Å². The Bertz CT molecular complexity index is 1520. The third kappa shape index (κ3) is 3.73. The second-order valence-corrected chi connectivity index (χ2v) is 8.68. The zero-order chi connectivity index (χ0) is 25.6. The summed E-state index contributed by atoms with van der Waals surface area (Å²) >= 11 is 0. The molecule has 36 heavy (non-hydrogen) atoms. The highest BCUT2D eigenvalue weighted by molar-refractivity contribution is 6.53. The van der Waals surface area contributed by atoms with Crippen LogP contribution in [0.1, 0.15) is 16.7 Å². The Kier molecular flexibility index (Phi) is 5.64. The van der Waals surface area contributed by atoms with Gasteiger partial charge >= 0.3 is 5.91 Å². The van der Waals surface area contributed by atoms with Gasteiger partial charge in [0.05, 0.1) is 18.5 Å². The Morgan fingerprint density at radius 3 is 2.17 bits per heavy atom. The summed E-state index contributed by atoms with van der Waals surface area (Å²) in [6.45, 7) is 3.81. The molecule has 0 aliphatic carbocycles. The van der Waals surface area contributed by atoms with Crippen molar-refractivity contribution in [1.29, 1.82) is 0 Å². The van der Waals surface area contributed by atoms with Crippen molar-refractivity contribution in [3.05, 3.63) is 89.7 Å². The molecule has 2 aromatic carbocycles. The summed E-state index contributed by atoms with van der Waals surface area (Å²) in [6.07, 6.45) is 3.54. The number of benzene rings is 2. The van der Waals surface area contributed by atoms with Crippen molar-refractivity contribution in [2.24, 2.45) is 7.05 Å². The summed E-state index contributed by atoms with van der Waals surface area (Å²) in [5.41, 5.74) is 3.42. The summed E-state index contributed by atoms with van der Waals surface area (Å²) < 4.78 is 8.05. The second-order valence-electron chi connectivity index (χ2n) is 8.68. The number of aromatic nitrogens is 3. The molecule has 0 saturated carbocycles. The van der Waals surface area contributed by atoms with Crippen LogP contribution in [0.25, 0.3) is 22.5 Å². The van der Waals surface area contributed by atoms with Crippen molar-refractivity contribution in [2.75, 3.05) is 12.0 Å². The second kappa shape index (κ2) is 8.81. The van der Waals surface area contributed by atoms with Gasteiger partial charge in [0.25, 0.3) is 11.6 Å². The van der Waals surface area contributed by atoms with Crippen molar-refractivity contribution < 1.29 is 24.0 Å². The van der Waals surface area contributed by atoms with Crippen LogP contribution in [0.4, 0.5) is 5.69 Å². The van der Waals surface area contributed by atoms with E-state index in [-0.39, 0.29) is 16.8 Å². The number of aryl methyl sites for hydroxylation is 3. The van der Waals surface area contributed by atoms with Gasteiger partial charge in [-0.15, -0.1) is 0 Å². The molecule has 0 radical (unpaired) electrons. The third-order valence-corrected chi connectivity index (χ3v) is 6.08. The summed E-state index contributed by atoms with van der Waals surface area (Å²) in [6, 6.07) is 17.8. The normalized spacial score (nSPS) is 13.6. The number of hydrogen-bond donors (Lipinski definition) is 0. The van der Waals surface area contributed by atoms with Crippen molar-refractivity contribution in [2.45, 2.75) is 13.8 Å². The molecular formula is C28H24N4O4. The molecule has 0 N–H and O–H groups in total. The van der Waals surface area contributed by atoms with E-state index in [1.54, 1.807) is 48.3 Å². The first-order chi connectivity index (χ1) is 17.3.